The Morgan fingerprint density at radius 3 is 2.64 bits per heavy atom. The van der Waals surface area contributed by atoms with Gasteiger partial charge in [0.25, 0.3) is 0 Å². The third-order valence-corrected chi connectivity index (χ3v) is 3.71. The summed E-state index contributed by atoms with van der Waals surface area (Å²) in [6.07, 6.45) is 5.40. The van der Waals surface area contributed by atoms with Crippen LogP contribution in [0.5, 0.6) is 0 Å². The lowest BCUT2D eigenvalue weighted by molar-refractivity contribution is 0.713. The van der Waals surface area contributed by atoms with Crippen LogP contribution in [0.3, 0.4) is 0 Å². The fourth-order valence-corrected chi connectivity index (χ4v) is 2.76. The predicted molar refractivity (Wildman–Crippen MR) is 53.9 cm³/mol. The standard InChI is InChI=1S/C9H9BrS/c1-4-9(2,3)8-7(10)5-6-11-8/h1,5-6H,2-3H3. The van der Waals surface area contributed by atoms with E-state index in [1.54, 1.807) is 11.3 Å². The zero-order chi connectivity index (χ0) is 8.48. The van der Waals surface area contributed by atoms with E-state index in [1.807, 2.05) is 25.3 Å². The summed E-state index contributed by atoms with van der Waals surface area (Å²) in [5, 5.41) is 2.04. The van der Waals surface area contributed by atoms with E-state index in [2.05, 4.69) is 21.9 Å². The molecule has 2 heteroatoms. The van der Waals surface area contributed by atoms with E-state index in [4.69, 9.17) is 6.42 Å². The van der Waals surface area contributed by atoms with Crippen molar-refractivity contribution >= 4 is 27.3 Å². The van der Waals surface area contributed by atoms with Gasteiger partial charge in [-0.25, -0.2) is 0 Å². The highest BCUT2D eigenvalue weighted by atomic mass is 79.9. The highest BCUT2D eigenvalue weighted by molar-refractivity contribution is 9.10. The molecule has 0 saturated heterocycles. The van der Waals surface area contributed by atoms with Crippen LogP contribution in [-0.2, 0) is 5.41 Å². The Balaban J connectivity index is 3.13. The molecule has 0 aromatic carbocycles. The molecule has 0 aliphatic heterocycles. The van der Waals surface area contributed by atoms with Crippen LogP contribution >= 0.6 is 27.3 Å². The van der Waals surface area contributed by atoms with E-state index >= 15 is 0 Å². The van der Waals surface area contributed by atoms with Crippen molar-refractivity contribution in [3.8, 4) is 12.3 Å². The molecule has 0 bridgehead atoms. The second-order valence-corrected chi connectivity index (χ2v) is 4.64. The summed E-state index contributed by atoms with van der Waals surface area (Å²) in [5.41, 5.74) is -0.146. The summed E-state index contributed by atoms with van der Waals surface area (Å²) < 4.78 is 1.12. The Morgan fingerprint density at radius 2 is 2.27 bits per heavy atom. The molecule has 1 heterocycles. The second kappa shape index (κ2) is 3.00. The van der Waals surface area contributed by atoms with Crippen molar-refractivity contribution in [1.29, 1.82) is 0 Å². The highest BCUT2D eigenvalue weighted by Gasteiger charge is 2.20. The number of hydrogen-bond donors (Lipinski definition) is 0. The fraction of sp³-hybridized carbons (Fsp3) is 0.333. The normalized spacial score (nSPS) is 11.1. The van der Waals surface area contributed by atoms with Gasteiger partial charge in [0.15, 0.2) is 0 Å². The summed E-state index contributed by atoms with van der Waals surface area (Å²) in [4.78, 5) is 1.22. The van der Waals surface area contributed by atoms with Crippen LogP contribution in [0.15, 0.2) is 15.9 Å². The molecular formula is C9H9BrS. The smallest absolute Gasteiger partial charge is 0.0608 e. The number of rotatable bonds is 1. The average Bonchev–Trinajstić information content (AvgIpc) is 2.36. The van der Waals surface area contributed by atoms with Gasteiger partial charge < -0.3 is 0 Å². The van der Waals surface area contributed by atoms with Crippen molar-refractivity contribution in [2.24, 2.45) is 0 Å². The van der Waals surface area contributed by atoms with Gasteiger partial charge in [-0.3, -0.25) is 0 Å². The second-order valence-electron chi connectivity index (χ2n) is 2.87. The molecule has 0 unspecified atom stereocenters. The van der Waals surface area contributed by atoms with Gasteiger partial charge in [0.1, 0.15) is 0 Å². The van der Waals surface area contributed by atoms with E-state index in [9.17, 15) is 0 Å². The van der Waals surface area contributed by atoms with E-state index in [1.165, 1.54) is 4.88 Å². The zero-order valence-corrected chi connectivity index (χ0v) is 8.92. The molecule has 0 aliphatic carbocycles. The Bertz CT molecular complexity index is 291. The van der Waals surface area contributed by atoms with E-state index < -0.39 is 0 Å². The van der Waals surface area contributed by atoms with Crippen LogP contribution in [-0.4, -0.2) is 0 Å². The number of halogens is 1. The average molecular weight is 229 g/mol. The monoisotopic (exact) mass is 228 g/mol. The number of hydrogen-bond acceptors (Lipinski definition) is 1. The molecule has 0 N–H and O–H groups in total. The molecular weight excluding hydrogens is 220 g/mol. The molecule has 0 fully saturated rings. The first-order chi connectivity index (χ1) is 5.08. The maximum Gasteiger partial charge on any atom is 0.0608 e. The predicted octanol–water partition coefficient (Wildman–Crippen LogP) is 3.42. The lowest BCUT2D eigenvalue weighted by Crippen LogP contribution is -2.11. The molecule has 0 spiro atoms. The van der Waals surface area contributed by atoms with E-state index in [0.717, 1.165) is 4.47 Å². The molecule has 0 nitrogen and oxygen atoms in total. The van der Waals surface area contributed by atoms with Gasteiger partial charge in [0.2, 0.25) is 0 Å². The molecule has 58 valence electrons. The summed E-state index contributed by atoms with van der Waals surface area (Å²) in [7, 11) is 0. The molecule has 0 radical (unpaired) electrons. The molecule has 1 rings (SSSR count). The highest BCUT2D eigenvalue weighted by Crippen LogP contribution is 2.33. The molecule has 11 heavy (non-hydrogen) atoms. The third kappa shape index (κ3) is 1.66. The Hall–Kier alpha value is -0.260. The minimum absolute atomic E-state index is 0.146. The lowest BCUT2D eigenvalue weighted by atomic mass is 9.93. The zero-order valence-electron chi connectivity index (χ0n) is 6.52. The van der Waals surface area contributed by atoms with Gasteiger partial charge in [0, 0.05) is 9.35 Å². The number of terminal acetylenes is 1. The van der Waals surface area contributed by atoms with Gasteiger partial charge in [-0.05, 0) is 41.2 Å². The minimum Gasteiger partial charge on any atom is -0.146 e. The van der Waals surface area contributed by atoms with E-state index in [0.29, 0.717) is 0 Å². The van der Waals surface area contributed by atoms with Gasteiger partial charge in [-0.15, -0.1) is 17.8 Å². The maximum absolute atomic E-state index is 5.40. The molecule has 1 aromatic heterocycles. The quantitative estimate of drug-likeness (QED) is 0.647. The molecule has 0 atom stereocenters. The molecule has 0 aliphatic rings. The molecule has 1 aromatic rings. The van der Waals surface area contributed by atoms with Gasteiger partial charge in [-0.1, -0.05) is 5.92 Å². The SMILES string of the molecule is C#CC(C)(C)c1sccc1Br. The molecule has 0 amide bonds. The van der Waals surface area contributed by atoms with Gasteiger partial charge >= 0.3 is 0 Å². The van der Waals surface area contributed by atoms with Crippen molar-refractivity contribution in [2.75, 3.05) is 0 Å². The van der Waals surface area contributed by atoms with Crippen molar-refractivity contribution < 1.29 is 0 Å². The van der Waals surface area contributed by atoms with Crippen molar-refractivity contribution in [1.82, 2.24) is 0 Å². The lowest BCUT2D eigenvalue weighted by Gasteiger charge is -2.15. The Labute approximate surface area is 79.8 Å². The van der Waals surface area contributed by atoms with Crippen molar-refractivity contribution in [3.63, 3.8) is 0 Å². The van der Waals surface area contributed by atoms with Crippen molar-refractivity contribution in [2.45, 2.75) is 19.3 Å². The first-order valence-electron chi connectivity index (χ1n) is 3.29. The van der Waals surface area contributed by atoms with Crippen LogP contribution in [0.4, 0.5) is 0 Å². The molecule has 0 saturated carbocycles. The fourth-order valence-electron chi connectivity index (χ4n) is 0.805. The van der Waals surface area contributed by atoms with Crippen LogP contribution in [0.1, 0.15) is 18.7 Å². The summed E-state index contributed by atoms with van der Waals surface area (Å²) in [6.45, 7) is 4.09. The Morgan fingerprint density at radius 1 is 1.64 bits per heavy atom. The van der Waals surface area contributed by atoms with Crippen molar-refractivity contribution in [3.05, 3.63) is 20.8 Å². The summed E-state index contributed by atoms with van der Waals surface area (Å²) >= 11 is 5.15. The maximum atomic E-state index is 5.40. The minimum atomic E-state index is -0.146. The topological polar surface area (TPSA) is 0 Å². The van der Waals surface area contributed by atoms with E-state index in [-0.39, 0.29) is 5.41 Å². The van der Waals surface area contributed by atoms with Gasteiger partial charge in [0.05, 0.1) is 5.41 Å². The first kappa shape index (κ1) is 8.83. The van der Waals surface area contributed by atoms with Crippen LogP contribution in [0, 0.1) is 12.3 Å². The summed E-state index contributed by atoms with van der Waals surface area (Å²) in [6, 6.07) is 2.03. The third-order valence-electron chi connectivity index (χ3n) is 1.55. The van der Waals surface area contributed by atoms with Crippen LogP contribution in [0.25, 0.3) is 0 Å². The first-order valence-corrected chi connectivity index (χ1v) is 4.96. The van der Waals surface area contributed by atoms with Crippen LogP contribution in [0.2, 0.25) is 0 Å². The van der Waals surface area contributed by atoms with Gasteiger partial charge in [-0.2, -0.15) is 0 Å². The Kier molecular flexibility index (Phi) is 2.41. The number of thiophene rings is 1. The largest absolute Gasteiger partial charge is 0.146 e. The summed E-state index contributed by atoms with van der Waals surface area (Å²) in [5.74, 6) is 2.76. The van der Waals surface area contributed by atoms with Crippen LogP contribution < -0.4 is 0 Å².